The first-order valence-corrected chi connectivity index (χ1v) is 9.28. The maximum atomic E-state index is 5.75. The van der Waals surface area contributed by atoms with Crippen molar-refractivity contribution in [3.05, 3.63) is 54.4 Å². The molecule has 1 aromatic carbocycles. The summed E-state index contributed by atoms with van der Waals surface area (Å²) in [6.45, 7) is 0.744. The minimum Gasteiger partial charge on any atom is -0.497 e. The number of benzene rings is 1. The van der Waals surface area contributed by atoms with Crippen LogP contribution in [0.25, 0.3) is 0 Å². The van der Waals surface area contributed by atoms with Crippen LogP contribution in [0, 0.1) is 0 Å². The first-order valence-electron chi connectivity index (χ1n) is 8.88. The fourth-order valence-electron chi connectivity index (χ4n) is 3.30. The van der Waals surface area contributed by atoms with Crippen LogP contribution >= 0.6 is 12.2 Å². The van der Waals surface area contributed by atoms with Gasteiger partial charge in [-0.05, 0) is 61.5 Å². The topological polar surface area (TPSA) is 37.4 Å². The number of nitrogens with one attached hydrogen (secondary N) is 1. The molecule has 4 nitrogen and oxygen atoms in total. The Balaban J connectivity index is 1.73. The number of aromatic nitrogens is 1. The van der Waals surface area contributed by atoms with E-state index in [4.69, 9.17) is 17.0 Å². The summed E-state index contributed by atoms with van der Waals surface area (Å²) >= 11 is 5.75. The molecule has 1 aliphatic carbocycles. The predicted molar refractivity (Wildman–Crippen MR) is 106 cm³/mol. The molecule has 0 unspecified atom stereocenters. The molecule has 2 aromatic rings. The molecule has 1 aliphatic rings. The van der Waals surface area contributed by atoms with Crippen molar-refractivity contribution in [1.29, 1.82) is 0 Å². The van der Waals surface area contributed by atoms with E-state index in [-0.39, 0.29) is 0 Å². The number of hydrogen-bond acceptors (Lipinski definition) is 3. The third kappa shape index (κ3) is 4.92. The fraction of sp³-hybridized carbons (Fsp3) is 0.400. The largest absolute Gasteiger partial charge is 0.497 e. The summed E-state index contributed by atoms with van der Waals surface area (Å²) in [6, 6.07) is 14.4. The molecule has 5 heteroatoms. The Morgan fingerprint density at radius 3 is 2.56 bits per heavy atom. The smallest absolute Gasteiger partial charge is 0.174 e. The van der Waals surface area contributed by atoms with Crippen LogP contribution in [0.3, 0.4) is 0 Å². The lowest BCUT2D eigenvalue weighted by Gasteiger charge is -2.36. The normalized spacial score (nSPS) is 14.8. The lowest BCUT2D eigenvalue weighted by atomic mass is 9.94. The van der Waals surface area contributed by atoms with Crippen LogP contribution < -0.4 is 10.1 Å². The van der Waals surface area contributed by atoms with Crippen LogP contribution in [0.5, 0.6) is 5.75 Å². The van der Waals surface area contributed by atoms with Crippen molar-refractivity contribution in [3.8, 4) is 5.75 Å². The molecule has 132 valence electrons. The summed E-state index contributed by atoms with van der Waals surface area (Å²) in [4.78, 5) is 6.79. The summed E-state index contributed by atoms with van der Waals surface area (Å²) in [6.07, 6.45) is 8.10. The standard InChI is InChI=1S/C20H25N3OS/c1-24-19-12-10-16(11-13-19)22-20(25)23(18-8-3-2-4-9-18)15-17-7-5-6-14-21-17/h5-7,10-14,18H,2-4,8-9,15H2,1H3,(H,22,25). The molecular formula is C20H25N3OS. The van der Waals surface area contributed by atoms with Crippen molar-refractivity contribution < 1.29 is 4.74 Å². The van der Waals surface area contributed by atoms with E-state index in [0.29, 0.717) is 6.04 Å². The number of methoxy groups -OCH3 is 1. The summed E-state index contributed by atoms with van der Waals surface area (Å²) < 4.78 is 5.22. The highest BCUT2D eigenvalue weighted by molar-refractivity contribution is 7.80. The molecule has 0 atom stereocenters. The summed E-state index contributed by atoms with van der Waals surface area (Å²) in [7, 11) is 1.67. The van der Waals surface area contributed by atoms with Gasteiger partial charge in [-0.25, -0.2) is 0 Å². The van der Waals surface area contributed by atoms with E-state index in [9.17, 15) is 0 Å². The Labute approximate surface area is 155 Å². The van der Waals surface area contributed by atoms with E-state index in [1.54, 1.807) is 7.11 Å². The zero-order valence-corrected chi connectivity index (χ0v) is 15.5. The van der Waals surface area contributed by atoms with Gasteiger partial charge in [-0.3, -0.25) is 4.98 Å². The predicted octanol–water partition coefficient (Wildman–Crippen LogP) is 4.62. The monoisotopic (exact) mass is 355 g/mol. The summed E-state index contributed by atoms with van der Waals surface area (Å²) in [5.41, 5.74) is 2.03. The molecule has 1 heterocycles. The SMILES string of the molecule is COc1ccc(NC(=S)N(Cc2ccccn2)C2CCCCC2)cc1. The number of anilines is 1. The second-order valence-corrected chi connectivity index (χ2v) is 6.79. The van der Waals surface area contributed by atoms with Crippen molar-refractivity contribution in [2.75, 3.05) is 12.4 Å². The third-order valence-corrected chi connectivity index (χ3v) is 5.01. The van der Waals surface area contributed by atoms with Crippen LogP contribution in [0.15, 0.2) is 48.7 Å². The average molecular weight is 356 g/mol. The van der Waals surface area contributed by atoms with E-state index in [1.807, 2.05) is 42.6 Å². The van der Waals surface area contributed by atoms with Gasteiger partial charge in [-0.1, -0.05) is 25.3 Å². The Morgan fingerprint density at radius 1 is 1.16 bits per heavy atom. The molecule has 25 heavy (non-hydrogen) atoms. The molecule has 0 saturated heterocycles. The van der Waals surface area contributed by atoms with Crippen LogP contribution in [0.1, 0.15) is 37.8 Å². The van der Waals surface area contributed by atoms with E-state index in [0.717, 1.165) is 28.8 Å². The molecule has 1 aromatic heterocycles. The first-order chi connectivity index (χ1) is 12.3. The van der Waals surface area contributed by atoms with Crippen LogP contribution in [0.4, 0.5) is 5.69 Å². The molecule has 3 rings (SSSR count). The molecule has 1 fully saturated rings. The Hall–Kier alpha value is -2.14. The lowest BCUT2D eigenvalue weighted by molar-refractivity contribution is 0.238. The highest BCUT2D eigenvalue weighted by Gasteiger charge is 2.24. The average Bonchev–Trinajstić information content (AvgIpc) is 2.68. The zero-order chi connectivity index (χ0) is 17.5. The number of ether oxygens (including phenoxy) is 1. The fourth-order valence-corrected chi connectivity index (χ4v) is 3.63. The van der Waals surface area contributed by atoms with Crippen molar-refractivity contribution in [2.24, 2.45) is 0 Å². The van der Waals surface area contributed by atoms with Gasteiger partial charge in [0.15, 0.2) is 5.11 Å². The highest BCUT2D eigenvalue weighted by Crippen LogP contribution is 2.25. The quantitative estimate of drug-likeness (QED) is 0.792. The van der Waals surface area contributed by atoms with Gasteiger partial charge in [0.2, 0.25) is 0 Å². The molecule has 0 spiro atoms. The molecule has 0 amide bonds. The first kappa shape index (κ1) is 17.7. The van der Waals surface area contributed by atoms with Crippen molar-refractivity contribution in [3.63, 3.8) is 0 Å². The van der Waals surface area contributed by atoms with Gasteiger partial charge in [-0.2, -0.15) is 0 Å². The number of rotatable bonds is 5. The van der Waals surface area contributed by atoms with Gasteiger partial charge in [-0.15, -0.1) is 0 Å². The van der Waals surface area contributed by atoms with Crippen molar-refractivity contribution in [1.82, 2.24) is 9.88 Å². The van der Waals surface area contributed by atoms with Gasteiger partial charge in [0.1, 0.15) is 5.75 Å². The van der Waals surface area contributed by atoms with E-state index >= 15 is 0 Å². The van der Waals surface area contributed by atoms with Gasteiger partial charge in [0.05, 0.1) is 19.3 Å². The minimum absolute atomic E-state index is 0.481. The second-order valence-electron chi connectivity index (χ2n) is 6.40. The van der Waals surface area contributed by atoms with Crippen LogP contribution in [-0.2, 0) is 6.54 Å². The Morgan fingerprint density at radius 2 is 1.92 bits per heavy atom. The molecular weight excluding hydrogens is 330 g/mol. The van der Waals surface area contributed by atoms with E-state index in [1.165, 1.54) is 32.1 Å². The number of hydrogen-bond donors (Lipinski definition) is 1. The highest BCUT2D eigenvalue weighted by atomic mass is 32.1. The lowest BCUT2D eigenvalue weighted by Crippen LogP contribution is -2.43. The third-order valence-electron chi connectivity index (χ3n) is 4.68. The Bertz CT molecular complexity index is 669. The minimum atomic E-state index is 0.481. The maximum absolute atomic E-state index is 5.75. The number of nitrogens with zero attached hydrogens (tertiary/aromatic N) is 2. The van der Waals surface area contributed by atoms with E-state index in [2.05, 4.69) is 21.3 Å². The second kappa shape index (κ2) is 8.81. The Kier molecular flexibility index (Phi) is 6.23. The van der Waals surface area contributed by atoms with Gasteiger partial charge in [0.25, 0.3) is 0 Å². The van der Waals surface area contributed by atoms with Crippen LogP contribution in [-0.4, -0.2) is 28.1 Å². The molecule has 0 radical (unpaired) electrons. The van der Waals surface area contributed by atoms with Gasteiger partial charge >= 0.3 is 0 Å². The van der Waals surface area contributed by atoms with E-state index < -0.39 is 0 Å². The summed E-state index contributed by atoms with van der Waals surface area (Å²) in [5, 5.41) is 4.15. The molecule has 0 aliphatic heterocycles. The van der Waals surface area contributed by atoms with Gasteiger partial charge in [0, 0.05) is 17.9 Å². The molecule has 0 bridgehead atoms. The zero-order valence-electron chi connectivity index (χ0n) is 14.6. The number of thiocarbonyl (C=S) groups is 1. The maximum Gasteiger partial charge on any atom is 0.174 e. The molecule has 1 saturated carbocycles. The summed E-state index contributed by atoms with van der Waals surface area (Å²) in [5.74, 6) is 0.842. The van der Waals surface area contributed by atoms with Crippen LogP contribution in [0.2, 0.25) is 0 Å². The van der Waals surface area contributed by atoms with Gasteiger partial charge < -0.3 is 15.0 Å². The van der Waals surface area contributed by atoms with Crippen molar-refractivity contribution in [2.45, 2.75) is 44.7 Å². The number of pyridine rings is 1. The molecule has 1 N–H and O–H groups in total. The van der Waals surface area contributed by atoms with Crippen molar-refractivity contribution >= 4 is 23.0 Å².